The second-order valence-corrected chi connectivity index (χ2v) is 4.97. The summed E-state index contributed by atoms with van der Waals surface area (Å²) >= 11 is 0. The van der Waals surface area contributed by atoms with Gasteiger partial charge in [0.15, 0.2) is 5.96 Å². The molecule has 1 rings (SSSR count). The van der Waals surface area contributed by atoms with Gasteiger partial charge in [-0.1, -0.05) is 0 Å². The number of primary amides is 1. The summed E-state index contributed by atoms with van der Waals surface area (Å²) in [5.41, 5.74) is 20.8. The summed E-state index contributed by atoms with van der Waals surface area (Å²) in [4.78, 5) is 14.9. The zero-order valence-corrected chi connectivity index (χ0v) is 9.66. The Hall–Kier alpha value is -1.34. The van der Waals surface area contributed by atoms with E-state index >= 15 is 0 Å². The van der Waals surface area contributed by atoms with Gasteiger partial charge in [-0.15, -0.1) is 0 Å². The van der Waals surface area contributed by atoms with Crippen molar-refractivity contribution in [1.82, 2.24) is 5.32 Å². The van der Waals surface area contributed by atoms with E-state index in [2.05, 4.69) is 10.3 Å². The minimum Gasteiger partial charge on any atom is -0.370 e. The standard InChI is InChI=1S/C9H20N6O/c1-8(13,4-14-7(11)12)3-9(2)5(15-9)6(10)16/h5,15H,3-4,13H2,1-2H3,(H2,10,16)(H4,11,12,14). The van der Waals surface area contributed by atoms with E-state index in [-0.39, 0.29) is 23.4 Å². The molecule has 1 saturated heterocycles. The lowest BCUT2D eigenvalue weighted by Gasteiger charge is -2.25. The van der Waals surface area contributed by atoms with Gasteiger partial charge in [-0.2, -0.15) is 0 Å². The number of nitrogens with two attached hydrogens (primary N) is 4. The van der Waals surface area contributed by atoms with Crippen molar-refractivity contribution in [3.05, 3.63) is 0 Å². The van der Waals surface area contributed by atoms with Crippen LogP contribution in [0.1, 0.15) is 20.3 Å². The number of hydrogen-bond donors (Lipinski definition) is 5. The van der Waals surface area contributed by atoms with Crippen molar-refractivity contribution in [3.8, 4) is 0 Å². The van der Waals surface area contributed by atoms with Crippen LogP contribution >= 0.6 is 0 Å². The molecule has 0 spiro atoms. The van der Waals surface area contributed by atoms with Crippen LogP contribution in [-0.4, -0.2) is 35.5 Å². The van der Waals surface area contributed by atoms with Crippen LogP contribution in [0.5, 0.6) is 0 Å². The largest absolute Gasteiger partial charge is 0.370 e. The Morgan fingerprint density at radius 2 is 2.06 bits per heavy atom. The van der Waals surface area contributed by atoms with E-state index in [9.17, 15) is 4.79 Å². The third kappa shape index (κ3) is 3.07. The second kappa shape index (κ2) is 3.91. The highest BCUT2D eigenvalue weighted by atomic mass is 16.1. The molecule has 7 nitrogen and oxygen atoms in total. The smallest absolute Gasteiger partial charge is 0.236 e. The first-order valence-corrected chi connectivity index (χ1v) is 5.08. The first-order chi connectivity index (χ1) is 7.16. The van der Waals surface area contributed by atoms with E-state index < -0.39 is 5.54 Å². The number of carbonyl (C=O) groups is 1. The highest BCUT2D eigenvalue weighted by molar-refractivity contribution is 5.85. The molecule has 1 heterocycles. The number of amides is 1. The molecule has 0 aliphatic carbocycles. The molecular weight excluding hydrogens is 208 g/mol. The third-order valence-corrected chi connectivity index (χ3v) is 2.71. The Labute approximate surface area is 94.6 Å². The molecule has 1 aliphatic rings. The summed E-state index contributed by atoms with van der Waals surface area (Å²) in [6, 6.07) is -0.311. The fourth-order valence-electron chi connectivity index (χ4n) is 1.99. The lowest BCUT2D eigenvalue weighted by Crippen LogP contribution is -2.45. The second-order valence-electron chi connectivity index (χ2n) is 4.97. The quantitative estimate of drug-likeness (QED) is 0.201. The fraction of sp³-hybridized carbons (Fsp3) is 0.778. The van der Waals surface area contributed by atoms with Crippen molar-refractivity contribution in [2.24, 2.45) is 27.9 Å². The molecule has 9 N–H and O–H groups in total. The van der Waals surface area contributed by atoms with Crippen molar-refractivity contribution in [3.63, 3.8) is 0 Å². The lowest BCUT2D eigenvalue weighted by molar-refractivity contribution is -0.117. The first-order valence-electron chi connectivity index (χ1n) is 5.08. The zero-order valence-electron chi connectivity index (χ0n) is 9.66. The molecule has 0 radical (unpaired) electrons. The van der Waals surface area contributed by atoms with Crippen molar-refractivity contribution in [2.75, 3.05) is 6.54 Å². The van der Waals surface area contributed by atoms with E-state index in [1.807, 2.05) is 13.8 Å². The van der Waals surface area contributed by atoms with Crippen molar-refractivity contribution in [2.45, 2.75) is 37.4 Å². The monoisotopic (exact) mass is 228 g/mol. The van der Waals surface area contributed by atoms with Crippen LogP contribution in [0, 0.1) is 0 Å². The lowest BCUT2D eigenvalue weighted by atomic mass is 9.88. The van der Waals surface area contributed by atoms with Gasteiger partial charge in [-0.05, 0) is 20.3 Å². The van der Waals surface area contributed by atoms with Crippen LogP contribution in [-0.2, 0) is 4.79 Å². The maximum absolute atomic E-state index is 11.0. The number of nitrogens with zero attached hydrogens (tertiary/aromatic N) is 1. The summed E-state index contributed by atoms with van der Waals surface area (Å²) in [6.07, 6.45) is 0.574. The summed E-state index contributed by atoms with van der Waals surface area (Å²) in [6.45, 7) is 4.06. The van der Waals surface area contributed by atoms with E-state index in [0.29, 0.717) is 13.0 Å². The summed E-state index contributed by atoms with van der Waals surface area (Å²) < 4.78 is 0. The van der Waals surface area contributed by atoms with Crippen LogP contribution < -0.4 is 28.3 Å². The van der Waals surface area contributed by atoms with Gasteiger partial charge in [0, 0.05) is 11.1 Å². The molecule has 0 aromatic heterocycles. The third-order valence-electron chi connectivity index (χ3n) is 2.71. The van der Waals surface area contributed by atoms with Crippen LogP contribution in [0.15, 0.2) is 4.99 Å². The first kappa shape index (κ1) is 12.7. The van der Waals surface area contributed by atoms with Gasteiger partial charge in [0.1, 0.15) is 6.04 Å². The number of hydrogen-bond acceptors (Lipinski definition) is 4. The van der Waals surface area contributed by atoms with Gasteiger partial charge in [0.25, 0.3) is 0 Å². The average molecular weight is 228 g/mol. The molecule has 16 heavy (non-hydrogen) atoms. The van der Waals surface area contributed by atoms with Crippen LogP contribution in [0.2, 0.25) is 0 Å². The molecule has 1 fully saturated rings. The molecule has 0 aromatic carbocycles. The van der Waals surface area contributed by atoms with Gasteiger partial charge in [-0.25, -0.2) is 0 Å². The van der Waals surface area contributed by atoms with Crippen LogP contribution in [0.25, 0.3) is 0 Å². The van der Waals surface area contributed by atoms with Crippen molar-refractivity contribution >= 4 is 11.9 Å². The minimum absolute atomic E-state index is 0.0111. The van der Waals surface area contributed by atoms with Crippen LogP contribution in [0.3, 0.4) is 0 Å². The Morgan fingerprint density at radius 3 is 2.44 bits per heavy atom. The highest BCUT2D eigenvalue weighted by Crippen LogP contribution is 2.33. The number of rotatable bonds is 5. The SMILES string of the molecule is CC(N)(CN=C(N)N)CC1(C)NC1C(N)=O. The van der Waals surface area contributed by atoms with Gasteiger partial charge < -0.3 is 22.9 Å². The zero-order chi connectivity index (χ0) is 12.6. The average Bonchev–Trinajstić information content (AvgIpc) is 2.73. The number of guanidine groups is 1. The molecule has 1 aliphatic heterocycles. The van der Waals surface area contributed by atoms with Crippen LogP contribution in [0.4, 0.5) is 0 Å². The molecule has 0 saturated carbocycles. The predicted molar refractivity (Wildman–Crippen MR) is 62.4 cm³/mol. The van der Waals surface area contributed by atoms with Crippen molar-refractivity contribution < 1.29 is 4.79 Å². The minimum atomic E-state index is -0.573. The molecule has 1 amide bonds. The number of carbonyl (C=O) groups excluding carboxylic acids is 1. The summed E-state index contributed by atoms with van der Waals surface area (Å²) in [5.74, 6) is -0.350. The summed E-state index contributed by atoms with van der Waals surface area (Å²) in [7, 11) is 0. The molecule has 92 valence electrons. The maximum Gasteiger partial charge on any atom is 0.236 e. The Balaban J connectivity index is 2.54. The molecule has 0 bridgehead atoms. The van der Waals surface area contributed by atoms with Gasteiger partial charge >= 0.3 is 0 Å². The van der Waals surface area contributed by atoms with E-state index in [0.717, 1.165) is 0 Å². The molecular formula is C9H20N6O. The number of aliphatic imine (C=N–C) groups is 1. The van der Waals surface area contributed by atoms with E-state index in [1.165, 1.54) is 0 Å². The van der Waals surface area contributed by atoms with Crippen molar-refractivity contribution in [1.29, 1.82) is 0 Å². The van der Waals surface area contributed by atoms with Gasteiger partial charge in [0.05, 0.1) is 6.54 Å². The maximum atomic E-state index is 11.0. The Kier molecular flexibility index (Phi) is 3.11. The fourth-order valence-corrected chi connectivity index (χ4v) is 1.99. The van der Waals surface area contributed by atoms with Gasteiger partial charge in [-0.3, -0.25) is 15.1 Å². The predicted octanol–water partition coefficient (Wildman–Crippen LogP) is -2.42. The van der Waals surface area contributed by atoms with Gasteiger partial charge in [0.2, 0.25) is 5.91 Å². The molecule has 3 unspecified atom stereocenters. The van der Waals surface area contributed by atoms with E-state index in [4.69, 9.17) is 22.9 Å². The Morgan fingerprint density at radius 1 is 1.50 bits per heavy atom. The molecule has 7 heteroatoms. The normalized spacial score (nSPS) is 31.6. The topological polar surface area (TPSA) is 155 Å². The van der Waals surface area contributed by atoms with E-state index in [1.54, 1.807) is 0 Å². The highest BCUT2D eigenvalue weighted by Gasteiger charge is 2.55. The Bertz CT molecular complexity index is 322. The number of nitrogens with one attached hydrogen (secondary N) is 1. The molecule has 0 aromatic rings. The molecule has 3 atom stereocenters. The summed E-state index contributed by atoms with van der Waals surface area (Å²) in [5, 5.41) is 3.02.